The van der Waals surface area contributed by atoms with E-state index in [1.165, 1.54) is 30.5 Å². The molecule has 198 valence electrons. The minimum Gasteiger partial charge on any atom is -0.507 e. The molecule has 0 spiro atoms. The number of aliphatic hydroxyl groups is 1. The largest absolute Gasteiger partial charge is 0.507 e. The lowest BCUT2D eigenvalue weighted by atomic mass is 9.94. The number of Topliss-reactive ketones (excluding diaryl/α,β-unsaturated/α-hetero) is 1. The van der Waals surface area contributed by atoms with Gasteiger partial charge < -0.3 is 19.3 Å². The van der Waals surface area contributed by atoms with Crippen LogP contribution in [0.4, 0.5) is 5.13 Å². The van der Waals surface area contributed by atoms with E-state index >= 15 is 0 Å². The monoisotopic (exact) mass is 544 g/mol. The molecule has 1 N–H and O–H groups in total. The van der Waals surface area contributed by atoms with E-state index in [1.807, 2.05) is 13.0 Å². The molecule has 1 aromatic heterocycles. The zero-order valence-electron chi connectivity index (χ0n) is 21.3. The highest BCUT2D eigenvalue weighted by molar-refractivity contribution is 7.22. The minimum absolute atomic E-state index is 0.0924. The predicted octanol–water partition coefficient (Wildman–Crippen LogP) is 5.12. The van der Waals surface area contributed by atoms with Gasteiger partial charge in [0.05, 0.1) is 48.2 Å². The highest BCUT2D eigenvalue weighted by Crippen LogP contribution is 2.44. The molecule has 9 nitrogen and oxygen atoms in total. The number of nitrogens with zero attached hydrogens (tertiary/aromatic N) is 2. The Morgan fingerprint density at radius 3 is 2.28 bits per heavy atom. The molecule has 0 radical (unpaired) electrons. The predicted molar refractivity (Wildman–Crippen MR) is 146 cm³/mol. The second-order valence-electron chi connectivity index (χ2n) is 8.57. The lowest BCUT2D eigenvalue weighted by Gasteiger charge is -2.23. The van der Waals surface area contributed by atoms with Crippen LogP contribution in [0.15, 0.2) is 72.3 Å². The van der Waals surface area contributed by atoms with E-state index in [1.54, 1.807) is 60.7 Å². The summed E-state index contributed by atoms with van der Waals surface area (Å²) < 4.78 is 16.3. The number of ether oxygens (including phenoxy) is 3. The van der Waals surface area contributed by atoms with Crippen LogP contribution >= 0.6 is 11.3 Å². The lowest BCUT2D eigenvalue weighted by Crippen LogP contribution is -2.29. The summed E-state index contributed by atoms with van der Waals surface area (Å²) in [5.41, 5.74) is 1.69. The van der Waals surface area contributed by atoms with Gasteiger partial charge in [0.15, 0.2) is 5.13 Å². The van der Waals surface area contributed by atoms with Crippen molar-refractivity contribution in [1.82, 2.24) is 4.98 Å². The summed E-state index contributed by atoms with van der Waals surface area (Å²) in [6.07, 6.45) is 0. The van der Waals surface area contributed by atoms with Gasteiger partial charge in [-0.25, -0.2) is 9.78 Å². The Bertz CT molecular complexity index is 1610. The van der Waals surface area contributed by atoms with Crippen LogP contribution in [0.25, 0.3) is 16.0 Å². The quantitative estimate of drug-likeness (QED) is 0.148. The van der Waals surface area contributed by atoms with Gasteiger partial charge >= 0.3 is 11.9 Å². The molecular formula is C29H24N2O7S. The molecule has 1 amide bonds. The highest BCUT2D eigenvalue weighted by atomic mass is 32.1. The molecule has 4 aromatic rings. The molecule has 1 atom stereocenters. The number of esters is 1. The third-order valence-electron chi connectivity index (χ3n) is 6.32. The zero-order chi connectivity index (χ0) is 27.7. The van der Waals surface area contributed by atoms with Gasteiger partial charge in [-0.05, 0) is 67.1 Å². The van der Waals surface area contributed by atoms with E-state index < -0.39 is 23.7 Å². The molecule has 10 heteroatoms. The highest BCUT2D eigenvalue weighted by Gasteiger charge is 2.48. The van der Waals surface area contributed by atoms with Gasteiger partial charge in [-0.2, -0.15) is 0 Å². The maximum absolute atomic E-state index is 13.5. The summed E-state index contributed by atoms with van der Waals surface area (Å²) in [7, 11) is 2.80. The molecule has 1 aliphatic heterocycles. The molecule has 39 heavy (non-hydrogen) atoms. The number of anilines is 1. The summed E-state index contributed by atoms with van der Waals surface area (Å²) >= 11 is 1.23. The standard InChI is InChI=1S/C29H24N2O7S/c1-4-38-20-13-14-21-22(15-20)39-29(30-21)31-24(16-5-7-18(8-6-16)28(35)37-3)23(26(33)27(31)34)25(32)17-9-11-19(36-2)12-10-17/h5-15,24,32H,4H2,1-3H3/b25-23+. The van der Waals surface area contributed by atoms with Crippen molar-refractivity contribution in [2.75, 3.05) is 25.7 Å². The number of methoxy groups -OCH3 is 2. The number of benzene rings is 3. The first kappa shape index (κ1) is 25.9. The number of ketones is 1. The van der Waals surface area contributed by atoms with Crippen molar-refractivity contribution in [3.63, 3.8) is 0 Å². The maximum Gasteiger partial charge on any atom is 0.337 e. The number of hydrogen-bond donors (Lipinski definition) is 1. The van der Waals surface area contributed by atoms with Gasteiger partial charge in [0.1, 0.15) is 17.3 Å². The fourth-order valence-corrected chi connectivity index (χ4v) is 5.44. The van der Waals surface area contributed by atoms with Crippen LogP contribution in [-0.2, 0) is 14.3 Å². The van der Waals surface area contributed by atoms with Crippen LogP contribution in [-0.4, -0.2) is 48.6 Å². The van der Waals surface area contributed by atoms with Crippen molar-refractivity contribution in [2.45, 2.75) is 13.0 Å². The number of fused-ring (bicyclic) bond motifs is 1. The molecule has 0 aliphatic carbocycles. The van der Waals surface area contributed by atoms with E-state index in [4.69, 9.17) is 14.2 Å². The van der Waals surface area contributed by atoms with Gasteiger partial charge in [0.2, 0.25) is 0 Å². The van der Waals surface area contributed by atoms with Crippen molar-refractivity contribution in [3.05, 3.63) is 89.0 Å². The molecule has 5 rings (SSSR count). The normalized spacial score (nSPS) is 16.5. The minimum atomic E-state index is -0.995. The average molecular weight is 545 g/mol. The molecule has 1 saturated heterocycles. The molecule has 2 heterocycles. The number of carbonyl (C=O) groups excluding carboxylic acids is 3. The van der Waals surface area contributed by atoms with Crippen molar-refractivity contribution in [1.29, 1.82) is 0 Å². The molecular weight excluding hydrogens is 520 g/mol. The summed E-state index contributed by atoms with van der Waals surface area (Å²) in [5, 5.41) is 11.6. The number of thiazole rings is 1. The van der Waals surface area contributed by atoms with Gasteiger partial charge in [0, 0.05) is 5.56 Å². The Balaban J connectivity index is 1.67. The first-order valence-corrected chi connectivity index (χ1v) is 12.8. The van der Waals surface area contributed by atoms with Gasteiger partial charge in [-0.1, -0.05) is 23.5 Å². The van der Waals surface area contributed by atoms with Crippen molar-refractivity contribution >= 4 is 50.1 Å². The van der Waals surface area contributed by atoms with E-state index in [-0.39, 0.29) is 16.5 Å². The Morgan fingerprint density at radius 2 is 1.64 bits per heavy atom. The van der Waals surface area contributed by atoms with Gasteiger partial charge in [-0.3, -0.25) is 14.5 Å². The summed E-state index contributed by atoms with van der Waals surface area (Å²) in [5.74, 6) is -1.29. The average Bonchev–Trinajstić information content (AvgIpc) is 3.50. The third kappa shape index (κ3) is 4.70. The number of aromatic nitrogens is 1. The first-order chi connectivity index (χ1) is 18.9. The topological polar surface area (TPSA) is 115 Å². The number of carbonyl (C=O) groups is 3. The summed E-state index contributed by atoms with van der Waals surface area (Å²) in [4.78, 5) is 44.8. The van der Waals surface area contributed by atoms with E-state index in [2.05, 4.69) is 4.98 Å². The van der Waals surface area contributed by atoms with Crippen LogP contribution in [0, 0.1) is 0 Å². The molecule has 3 aromatic carbocycles. The Hall–Kier alpha value is -4.70. The Kier molecular flexibility index (Phi) is 7.03. The van der Waals surface area contributed by atoms with Crippen LogP contribution < -0.4 is 14.4 Å². The smallest absolute Gasteiger partial charge is 0.337 e. The van der Waals surface area contributed by atoms with Gasteiger partial charge in [0.25, 0.3) is 5.78 Å². The fraction of sp³-hybridized carbons (Fsp3) is 0.172. The number of hydrogen-bond acceptors (Lipinski definition) is 9. The van der Waals surface area contributed by atoms with E-state index in [9.17, 15) is 19.5 Å². The summed E-state index contributed by atoms with van der Waals surface area (Å²) in [6.45, 7) is 2.38. The maximum atomic E-state index is 13.5. The third-order valence-corrected chi connectivity index (χ3v) is 7.34. The second-order valence-corrected chi connectivity index (χ2v) is 9.58. The van der Waals surface area contributed by atoms with Crippen LogP contribution in [0.3, 0.4) is 0 Å². The van der Waals surface area contributed by atoms with Crippen molar-refractivity contribution < 1.29 is 33.7 Å². The molecule has 1 aliphatic rings. The number of rotatable bonds is 7. The van der Waals surface area contributed by atoms with E-state index in [0.29, 0.717) is 40.3 Å². The molecule has 0 saturated carbocycles. The Morgan fingerprint density at radius 1 is 0.974 bits per heavy atom. The fourth-order valence-electron chi connectivity index (χ4n) is 4.42. The summed E-state index contributed by atoms with van der Waals surface area (Å²) in [6, 6.07) is 17.2. The van der Waals surface area contributed by atoms with E-state index in [0.717, 1.165) is 4.70 Å². The lowest BCUT2D eigenvalue weighted by molar-refractivity contribution is -0.132. The van der Waals surface area contributed by atoms with Crippen molar-refractivity contribution in [3.8, 4) is 11.5 Å². The SMILES string of the molecule is CCOc1ccc2nc(N3C(=O)C(=O)/C(=C(/O)c4ccc(OC)cc4)C3c3ccc(C(=O)OC)cc3)sc2c1. The first-order valence-electron chi connectivity index (χ1n) is 12.0. The molecule has 1 unspecified atom stereocenters. The Labute approximate surface area is 227 Å². The number of aliphatic hydroxyl groups excluding tert-OH is 1. The van der Waals surface area contributed by atoms with Gasteiger partial charge in [-0.15, -0.1) is 0 Å². The van der Waals surface area contributed by atoms with Crippen LogP contribution in [0.2, 0.25) is 0 Å². The zero-order valence-corrected chi connectivity index (χ0v) is 22.2. The second kappa shape index (κ2) is 10.6. The van der Waals surface area contributed by atoms with Crippen LogP contribution in [0.1, 0.15) is 34.5 Å². The van der Waals surface area contributed by atoms with Crippen LogP contribution in [0.5, 0.6) is 11.5 Å². The number of amides is 1. The molecule has 1 fully saturated rings. The van der Waals surface area contributed by atoms with Crippen molar-refractivity contribution in [2.24, 2.45) is 0 Å². The molecule has 0 bridgehead atoms.